The second-order valence-electron chi connectivity index (χ2n) is 9.07. The highest BCUT2D eigenvalue weighted by Crippen LogP contribution is 2.56. The summed E-state index contributed by atoms with van der Waals surface area (Å²) in [5, 5.41) is 2.77. The van der Waals surface area contributed by atoms with Crippen molar-refractivity contribution in [2.75, 3.05) is 0 Å². The van der Waals surface area contributed by atoms with Crippen molar-refractivity contribution in [2.45, 2.75) is 56.9 Å². The van der Waals surface area contributed by atoms with Crippen LogP contribution in [0.4, 0.5) is 0 Å². The molecular formula is C23H25BOS. The lowest BCUT2D eigenvalue weighted by Crippen LogP contribution is -2.34. The van der Waals surface area contributed by atoms with Gasteiger partial charge in [-0.05, 0) is 59.3 Å². The Hall–Kier alpha value is -1.45. The first-order valence-corrected chi connectivity index (χ1v) is 10.5. The molecule has 2 heterocycles. The molecule has 0 saturated carbocycles. The van der Waals surface area contributed by atoms with Crippen LogP contribution in [0.5, 0.6) is 0 Å². The molecule has 0 aromatic heterocycles. The normalized spacial score (nSPS) is 25.7. The van der Waals surface area contributed by atoms with E-state index in [9.17, 15) is 0 Å². The maximum Gasteiger partial charge on any atom is 0.323 e. The Morgan fingerprint density at radius 2 is 1.85 bits per heavy atom. The average Bonchev–Trinajstić information content (AvgIpc) is 3.08. The van der Waals surface area contributed by atoms with Gasteiger partial charge in [-0.2, -0.15) is 0 Å². The molecule has 0 bridgehead atoms. The molecule has 0 amide bonds. The predicted molar refractivity (Wildman–Crippen MR) is 113 cm³/mol. The predicted octanol–water partition coefficient (Wildman–Crippen LogP) is 6.61. The van der Waals surface area contributed by atoms with Gasteiger partial charge in [-0.3, -0.25) is 0 Å². The van der Waals surface area contributed by atoms with Crippen LogP contribution in [0.25, 0.3) is 10.8 Å². The zero-order valence-corrected chi connectivity index (χ0v) is 16.8. The van der Waals surface area contributed by atoms with Crippen molar-refractivity contribution in [3.8, 4) is 0 Å². The topological polar surface area (TPSA) is 9.23 Å². The smallest absolute Gasteiger partial charge is 0.323 e. The second kappa shape index (κ2) is 5.53. The lowest BCUT2D eigenvalue weighted by Gasteiger charge is -2.34. The van der Waals surface area contributed by atoms with Crippen LogP contribution in [0, 0.1) is 5.41 Å². The van der Waals surface area contributed by atoms with Gasteiger partial charge in [0.1, 0.15) is 0 Å². The first kappa shape index (κ1) is 16.7. The number of fused-ring (bicyclic) bond motifs is 5. The molecule has 0 N–H and O–H groups in total. The summed E-state index contributed by atoms with van der Waals surface area (Å²) < 4.78 is 6.52. The SMILES string of the molecule is CC1(C)CB(C2=CC=C3Sc4ccc5ccccc5c4C3C2)OC1(C)C. The molecule has 3 aliphatic rings. The van der Waals surface area contributed by atoms with Crippen LogP contribution in [0.2, 0.25) is 6.32 Å². The summed E-state index contributed by atoms with van der Waals surface area (Å²) in [6, 6.07) is 13.4. The van der Waals surface area contributed by atoms with E-state index in [-0.39, 0.29) is 17.9 Å². The van der Waals surface area contributed by atoms with E-state index in [0.29, 0.717) is 5.92 Å². The fourth-order valence-electron chi connectivity index (χ4n) is 4.62. The molecule has 3 heteroatoms. The van der Waals surface area contributed by atoms with E-state index in [1.165, 1.54) is 31.6 Å². The summed E-state index contributed by atoms with van der Waals surface area (Å²) in [6.45, 7) is 9.41. The third-order valence-electron chi connectivity index (χ3n) is 6.93. The Kier molecular flexibility index (Phi) is 3.55. The van der Waals surface area contributed by atoms with Crippen molar-refractivity contribution >= 4 is 29.4 Å². The number of rotatable bonds is 1. The molecule has 1 saturated heterocycles. The van der Waals surface area contributed by atoms with Crippen LogP contribution in [-0.2, 0) is 4.65 Å². The van der Waals surface area contributed by atoms with Crippen LogP contribution >= 0.6 is 11.8 Å². The van der Waals surface area contributed by atoms with Gasteiger partial charge in [0, 0.05) is 10.8 Å². The molecule has 26 heavy (non-hydrogen) atoms. The molecule has 1 nitrogen and oxygen atoms in total. The van der Waals surface area contributed by atoms with Crippen molar-refractivity contribution in [3.05, 3.63) is 64.5 Å². The van der Waals surface area contributed by atoms with Gasteiger partial charge in [0.2, 0.25) is 0 Å². The number of hydrogen-bond donors (Lipinski definition) is 0. The van der Waals surface area contributed by atoms with Gasteiger partial charge in [0.05, 0.1) is 5.60 Å². The molecule has 0 spiro atoms. The summed E-state index contributed by atoms with van der Waals surface area (Å²) in [4.78, 5) is 2.93. The third kappa shape index (κ3) is 2.37. The maximum atomic E-state index is 6.52. The van der Waals surface area contributed by atoms with Gasteiger partial charge < -0.3 is 4.65 Å². The van der Waals surface area contributed by atoms with Gasteiger partial charge in [-0.25, -0.2) is 0 Å². The minimum Gasteiger partial charge on any atom is -0.426 e. The van der Waals surface area contributed by atoms with Crippen molar-refractivity contribution in [1.82, 2.24) is 0 Å². The highest BCUT2D eigenvalue weighted by Gasteiger charge is 2.51. The monoisotopic (exact) mass is 360 g/mol. The van der Waals surface area contributed by atoms with Crippen LogP contribution in [-0.4, -0.2) is 12.5 Å². The molecule has 1 unspecified atom stereocenters. The first-order chi connectivity index (χ1) is 12.4. The van der Waals surface area contributed by atoms with Gasteiger partial charge in [0.15, 0.2) is 0 Å². The number of hydrogen-bond acceptors (Lipinski definition) is 2. The van der Waals surface area contributed by atoms with Gasteiger partial charge in [-0.15, -0.1) is 0 Å². The molecule has 1 atom stereocenters. The van der Waals surface area contributed by atoms with E-state index >= 15 is 0 Å². The molecule has 2 aromatic rings. The van der Waals surface area contributed by atoms with E-state index in [1.807, 2.05) is 11.8 Å². The van der Waals surface area contributed by atoms with E-state index in [2.05, 4.69) is 76.2 Å². The molecule has 5 rings (SSSR count). The quantitative estimate of drug-likeness (QED) is 0.529. The first-order valence-electron chi connectivity index (χ1n) is 9.64. The second-order valence-corrected chi connectivity index (χ2v) is 10.2. The zero-order chi connectivity index (χ0) is 18.1. The van der Waals surface area contributed by atoms with E-state index in [0.717, 1.165) is 12.7 Å². The average molecular weight is 360 g/mol. The molecule has 132 valence electrons. The van der Waals surface area contributed by atoms with E-state index in [1.54, 1.807) is 0 Å². The summed E-state index contributed by atoms with van der Waals surface area (Å²) in [6.07, 6.45) is 6.90. The molecule has 0 radical (unpaired) electrons. The maximum absolute atomic E-state index is 6.52. The molecule has 2 aromatic carbocycles. The van der Waals surface area contributed by atoms with Crippen molar-refractivity contribution in [2.24, 2.45) is 5.41 Å². The molecule has 1 fully saturated rings. The van der Waals surface area contributed by atoms with Gasteiger partial charge >= 0.3 is 6.92 Å². The Labute approximate surface area is 161 Å². The zero-order valence-electron chi connectivity index (χ0n) is 16.0. The summed E-state index contributed by atoms with van der Waals surface area (Å²) in [5.41, 5.74) is 3.13. The third-order valence-corrected chi connectivity index (χ3v) is 8.16. The highest BCUT2D eigenvalue weighted by atomic mass is 32.2. The lowest BCUT2D eigenvalue weighted by molar-refractivity contribution is 0.0369. The number of allylic oxidation sites excluding steroid dienone is 4. The summed E-state index contributed by atoms with van der Waals surface area (Å²) in [5.74, 6) is 0.497. The summed E-state index contributed by atoms with van der Waals surface area (Å²) in [7, 11) is 0. The van der Waals surface area contributed by atoms with Crippen LogP contribution in [0.3, 0.4) is 0 Å². The Bertz CT molecular complexity index is 953. The van der Waals surface area contributed by atoms with E-state index in [4.69, 9.17) is 4.65 Å². The Balaban J connectivity index is 1.52. The number of thioether (sulfide) groups is 1. The highest BCUT2D eigenvalue weighted by molar-refractivity contribution is 8.03. The molecule has 1 aliphatic carbocycles. The van der Waals surface area contributed by atoms with Crippen LogP contribution in [0.15, 0.2) is 63.8 Å². The number of benzene rings is 2. The standard InChI is InChI=1S/C23H25BOS/c1-22(2)14-24(25-23(22,3)4)16-10-12-19-18(13-16)21-17-8-6-5-7-15(17)9-11-20(21)26-19/h5-12,18H,13-14H2,1-4H3. The van der Waals surface area contributed by atoms with Crippen molar-refractivity contribution in [3.63, 3.8) is 0 Å². The fraction of sp³-hybridized carbons (Fsp3) is 0.391. The minimum absolute atomic E-state index is 0.0719. The van der Waals surface area contributed by atoms with Crippen molar-refractivity contribution < 1.29 is 4.65 Å². The lowest BCUT2D eigenvalue weighted by atomic mass is 9.51. The minimum atomic E-state index is -0.0719. The van der Waals surface area contributed by atoms with Crippen molar-refractivity contribution in [1.29, 1.82) is 0 Å². The Morgan fingerprint density at radius 1 is 1.04 bits per heavy atom. The van der Waals surface area contributed by atoms with Gasteiger partial charge in [-0.1, -0.05) is 73.6 Å². The summed E-state index contributed by atoms with van der Waals surface area (Å²) >= 11 is 1.95. The fourth-order valence-corrected chi connectivity index (χ4v) is 5.85. The van der Waals surface area contributed by atoms with E-state index < -0.39 is 0 Å². The van der Waals surface area contributed by atoms with Crippen LogP contribution in [0.1, 0.15) is 45.6 Å². The van der Waals surface area contributed by atoms with Crippen LogP contribution < -0.4 is 0 Å². The molecular weight excluding hydrogens is 335 g/mol. The Morgan fingerprint density at radius 3 is 2.62 bits per heavy atom. The molecule has 2 aliphatic heterocycles. The largest absolute Gasteiger partial charge is 0.426 e. The van der Waals surface area contributed by atoms with Gasteiger partial charge in [0.25, 0.3) is 0 Å².